The van der Waals surface area contributed by atoms with E-state index in [4.69, 9.17) is 19.1 Å². The largest absolute Gasteiger partial charge is 0.0312 e. The van der Waals surface area contributed by atoms with Crippen LogP contribution in [0.5, 0.6) is 0 Å². The molecule has 0 aliphatic heterocycles. The average Bonchev–Trinajstić information content (AvgIpc) is 3.57. The molecular weight excluding hydrogens is 570 g/mol. The summed E-state index contributed by atoms with van der Waals surface area (Å²) in [7, 11) is 0. The molecule has 1 N–H and O–H groups in total. The van der Waals surface area contributed by atoms with E-state index < -0.39 is 0 Å². The van der Waals surface area contributed by atoms with Crippen LogP contribution in [-0.4, -0.2) is 9.52 Å². The van der Waals surface area contributed by atoms with Crippen molar-refractivity contribution in [2.24, 2.45) is 0 Å². The summed E-state index contributed by atoms with van der Waals surface area (Å²) in [4.78, 5) is 0. The quantitative estimate of drug-likeness (QED) is 0.303. The first-order valence-electron chi connectivity index (χ1n) is 7.56. The minimum Gasteiger partial charge on any atom is -0.0312 e. The number of hydrogen-bond donors (Lipinski definition) is 1. The Balaban J connectivity index is -0.0000000807. The summed E-state index contributed by atoms with van der Waals surface area (Å²) < 4.78 is 22.9. The molecule has 0 amide bonds. The van der Waals surface area contributed by atoms with E-state index in [1.54, 1.807) is 12.5 Å². The topological polar surface area (TPSA) is 79.9 Å². The summed E-state index contributed by atoms with van der Waals surface area (Å²) in [6.07, 6.45) is 34.0. The molecule has 0 spiro atoms. The number of aliphatic hydroxyl groups is 1. The summed E-state index contributed by atoms with van der Waals surface area (Å²) in [5.74, 6) is 0. The van der Waals surface area contributed by atoms with Crippen molar-refractivity contribution in [1.82, 2.24) is 0 Å². The van der Waals surface area contributed by atoms with E-state index in [0.717, 1.165) is 0 Å². The molecule has 0 bridgehead atoms. The zero-order valence-corrected chi connectivity index (χ0v) is 20.8. The fraction of sp³-hybridized carbons (Fsp3) is 0.0435. The Hall–Kier alpha value is 0.115. The minimum absolute atomic E-state index is 0. The van der Waals surface area contributed by atoms with E-state index in [1.165, 1.54) is 0 Å². The van der Waals surface area contributed by atoms with Crippen LogP contribution in [0, 0.1) is 123 Å². The monoisotopic (exact) mass is 593 g/mol. The molecule has 3 saturated carbocycles. The standard InChI is InChI=1S/C5H7O.3C5H5.3CO.Hf.V/c1-2-3-4-5-6;3*1-2-4-5-3-1;3*1-2;;/h2-3,6H,1,4H2;3*1-5H;;;;;/q-1;;;;;;;;. The van der Waals surface area contributed by atoms with Crippen LogP contribution in [0.15, 0.2) is 12.7 Å². The van der Waals surface area contributed by atoms with Crippen LogP contribution in [0.2, 0.25) is 0 Å². The van der Waals surface area contributed by atoms with Gasteiger partial charge in [0.2, 0.25) is 0 Å². The van der Waals surface area contributed by atoms with Gasteiger partial charge in [0.15, 0.2) is 0 Å². The third-order valence-electron chi connectivity index (χ3n) is 2.13. The predicted octanol–water partition coefficient (Wildman–Crippen LogP) is 3.77. The van der Waals surface area contributed by atoms with Crippen LogP contribution < -0.4 is 0 Å². The van der Waals surface area contributed by atoms with Gasteiger partial charge < -0.3 is 0 Å². The molecule has 148 valence electrons. The molecule has 0 aromatic heterocycles. The second-order valence-corrected chi connectivity index (χ2v) is 4.78. The van der Waals surface area contributed by atoms with Crippen LogP contribution >= 0.6 is 0 Å². The Labute approximate surface area is 207 Å². The van der Waals surface area contributed by atoms with Gasteiger partial charge in [-0.05, 0) is 96.3 Å². The molecule has 15 radical (unpaired) electrons. The minimum atomic E-state index is 0. The van der Waals surface area contributed by atoms with Crippen molar-refractivity contribution in [1.29, 1.82) is 0 Å². The summed E-state index contributed by atoms with van der Waals surface area (Å²) in [6.45, 7) is 16.9. The summed E-state index contributed by atoms with van der Waals surface area (Å²) in [6, 6.07) is 0. The van der Waals surface area contributed by atoms with Gasteiger partial charge in [0, 0.05) is 25.8 Å². The zero-order valence-electron chi connectivity index (χ0n) is 15.8. The van der Waals surface area contributed by atoms with Crippen molar-refractivity contribution in [2.75, 3.05) is 0 Å². The molecule has 0 atom stereocenters. The maximum Gasteiger partial charge on any atom is 0 e. The van der Waals surface area contributed by atoms with Crippen molar-refractivity contribution in [3.05, 3.63) is 135 Å². The number of rotatable bonds is 3. The van der Waals surface area contributed by atoms with Crippen molar-refractivity contribution in [3.8, 4) is 0 Å². The molecule has 0 aromatic carbocycles. The van der Waals surface area contributed by atoms with Gasteiger partial charge in [-0.1, -0.05) is 0 Å². The Kier molecular flexibility index (Phi) is 63.3. The van der Waals surface area contributed by atoms with E-state index in [0.29, 0.717) is 10.8 Å². The first-order valence-corrected chi connectivity index (χ1v) is 8.26. The van der Waals surface area contributed by atoms with Gasteiger partial charge in [-0.2, -0.15) is 0 Å². The summed E-state index contributed by atoms with van der Waals surface area (Å²) in [5.41, 5.74) is 0. The molecule has 0 heterocycles. The molecule has 3 aliphatic rings. The van der Waals surface area contributed by atoms with Crippen LogP contribution in [0.4, 0.5) is 0 Å². The second kappa shape index (κ2) is 46.4. The van der Waals surface area contributed by atoms with E-state index >= 15 is 0 Å². The summed E-state index contributed by atoms with van der Waals surface area (Å²) in [5, 5.41) is 8.49. The third kappa shape index (κ3) is 52.5. The van der Waals surface area contributed by atoms with E-state index in [9.17, 15) is 0 Å². The average molecular weight is 592 g/mol. The second-order valence-electron chi connectivity index (χ2n) is 3.98. The maximum absolute atomic E-state index is 8.49. The number of allylic oxidation sites excluding steroid dienone is 1. The first-order chi connectivity index (χ1) is 13.8. The molecule has 29 heavy (non-hydrogen) atoms. The number of hydrogen-bond acceptors (Lipinski definition) is 1. The molecule has 3 rings (SSSR count). The van der Waals surface area contributed by atoms with Crippen LogP contribution in [-0.2, 0) is 56.8 Å². The Morgan fingerprint density at radius 3 is 0.931 bits per heavy atom. The molecule has 0 aromatic rings. The van der Waals surface area contributed by atoms with Gasteiger partial charge in [-0.15, -0.1) is 0 Å². The van der Waals surface area contributed by atoms with Gasteiger partial charge in [-0.25, -0.2) is 0 Å². The van der Waals surface area contributed by atoms with Crippen molar-refractivity contribution >= 4 is 4.41 Å². The molecule has 3 fully saturated rings. The molecule has 3 aliphatic carbocycles. The third-order valence-corrected chi connectivity index (χ3v) is 2.42. The zero-order chi connectivity index (χ0) is 22.3. The number of aliphatic hydroxyl groups excluding tert-OH is 1. The Morgan fingerprint density at radius 2 is 0.862 bits per heavy atom. The van der Waals surface area contributed by atoms with E-state index in [1.807, 2.05) is 96.3 Å². The predicted molar refractivity (Wildman–Crippen MR) is 102 cm³/mol. The molecular formula is C23H22HfO4V-. The molecule has 6 heteroatoms. The van der Waals surface area contributed by atoms with Crippen LogP contribution in [0.1, 0.15) is 6.42 Å². The van der Waals surface area contributed by atoms with Gasteiger partial charge in [0.1, 0.15) is 0 Å². The van der Waals surface area contributed by atoms with Gasteiger partial charge in [-0.3, -0.25) is 0 Å². The van der Waals surface area contributed by atoms with E-state index in [2.05, 4.69) is 43.5 Å². The maximum atomic E-state index is 8.49. The fourth-order valence-corrected chi connectivity index (χ4v) is 1.32. The first kappa shape index (κ1) is 39.6. The van der Waals surface area contributed by atoms with Crippen molar-refractivity contribution in [2.45, 2.75) is 6.42 Å². The van der Waals surface area contributed by atoms with Crippen LogP contribution in [0.3, 0.4) is 0 Å². The van der Waals surface area contributed by atoms with E-state index in [-0.39, 0.29) is 25.8 Å². The van der Waals surface area contributed by atoms with Gasteiger partial charge >= 0.3 is 85.9 Å². The Morgan fingerprint density at radius 1 is 0.690 bits per heavy atom. The molecule has 0 saturated heterocycles. The van der Waals surface area contributed by atoms with Gasteiger partial charge in [0.05, 0.1) is 0 Å². The summed E-state index contributed by atoms with van der Waals surface area (Å²) >= 11 is 2.07. The fourth-order valence-electron chi connectivity index (χ4n) is 1.15. The Bertz CT molecular complexity index is 295. The van der Waals surface area contributed by atoms with Crippen molar-refractivity contribution in [3.63, 3.8) is 0 Å². The molecule has 0 unspecified atom stereocenters. The molecule has 4 nitrogen and oxygen atoms in total. The van der Waals surface area contributed by atoms with Crippen molar-refractivity contribution < 1.29 is 61.9 Å². The SMILES string of the molecule is C=C[CH-]C[C](O)=[V].[C-]#[O+].[C-]#[O+].[C-]#[O+].[CH]1[CH][CH][CH][CH]1.[CH]1[CH][CH][CH][CH]1.[CH]1[CH][CH][CH][CH]1.[Hf]. The van der Waals surface area contributed by atoms with Gasteiger partial charge in [0.25, 0.3) is 0 Å². The van der Waals surface area contributed by atoms with Crippen LogP contribution in [0.25, 0.3) is 0 Å². The normalized spacial score (nSPS) is 14.4. The smallest absolute Gasteiger partial charge is 0 e.